The molecule has 7 heteroatoms. The van der Waals surface area contributed by atoms with Crippen LogP contribution in [0.4, 0.5) is 11.4 Å². The molecule has 1 amide bonds. The summed E-state index contributed by atoms with van der Waals surface area (Å²) < 4.78 is 33.4. The van der Waals surface area contributed by atoms with Crippen molar-refractivity contribution in [1.82, 2.24) is 0 Å². The Balaban J connectivity index is 1.63. The maximum atomic E-state index is 12.6. The zero-order valence-electron chi connectivity index (χ0n) is 17.1. The summed E-state index contributed by atoms with van der Waals surface area (Å²) in [6, 6.07) is 19.1. The molecule has 6 nitrogen and oxygen atoms in total. The third kappa shape index (κ3) is 5.61. The molecule has 0 saturated carbocycles. The van der Waals surface area contributed by atoms with Crippen molar-refractivity contribution < 1.29 is 17.9 Å². The van der Waals surface area contributed by atoms with Crippen LogP contribution in [0.5, 0.6) is 5.75 Å². The van der Waals surface area contributed by atoms with Gasteiger partial charge >= 0.3 is 0 Å². The van der Waals surface area contributed by atoms with Gasteiger partial charge in [0.15, 0.2) is 6.61 Å². The molecule has 0 spiro atoms. The van der Waals surface area contributed by atoms with Crippen LogP contribution in [0.2, 0.25) is 0 Å². The number of amides is 1. The van der Waals surface area contributed by atoms with Gasteiger partial charge in [0, 0.05) is 11.4 Å². The summed E-state index contributed by atoms with van der Waals surface area (Å²) in [7, 11) is -3.73. The van der Waals surface area contributed by atoms with E-state index >= 15 is 0 Å². The first-order valence-corrected chi connectivity index (χ1v) is 10.9. The number of carbonyl (C=O) groups excluding carboxylic acids is 1. The quantitative estimate of drug-likeness (QED) is 0.588. The number of carbonyl (C=O) groups is 1. The van der Waals surface area contributed by atoms with Gasteiger partial charge in [0.05, 0.1) is 4.90 Å². The van der Waals surface area contributed by atoms with Crippen LogP contribution < -0.4 is 14.8 Å². The summed E-state index contributed by atoms with van der Waals surface area (Å²) in [4.78, 5) is 12.2. The smallest absolute Gasteiger partial charge is 0.262 e. The Kier molecular flexibility index (Phi) is 6.42. The molecular weight excluding hydrogens is 400 g/mol. The summed E-state index contributed by atoms with van der Waals surface area (Å²) in [5, 5.41) is 2.76. The van der Waals surface area contributed by atoms with E-state index in [0.29, 0.717) is 22.7 Å². The van der Waals surface area contributed by atoms with E-state index in [4.69, 9.17) is 4.74 Å². The molecule has 0 saturated heterocycles. The number of hydrogen-bond donors (Lipinski definition) is 2. The average molecular weight is 425 g/mol. The summed E-state index contributed by atoms with van der Waals surface area (Å²) >= 11 is 0. The summed E-state index contributed by atoms with van der Waals surface area (Å²) in [6.45, 7) is 5.46. The molecular formula is C23H24N2O4S. The van der Waals surface area contributed by atoms with Crippen LogP contribution in [0.1, 0.15) is 16.7 Å². The normalized spacial score (nSPS) is 11.0. The van der Waals surface area contributed by atoms with Gasteiger partial charge in [0.1, 0.15) is 5.75 Å². The summed E-state index contributed by atoms with van der Waals surface area (Å²) in [5.74, 6) is 0.152. The Morgan fingerprint density at radius 3 is 1.97 bits per heavy atom. The van der Waals surface area contributed by atoms with Gasteiger partial charge in [-0.15, -0.1) is 0 Å². The first-order valence-electron chi connectivity index (χ1n) is 9.42. The topological polar surface area (TPSA) is 84.5 Å². The van der Waals surface area contributed by atoms with Crippen LogP contribution in [0.3, 0.4) is 0 Å². The summed E-state index contributed by atoms with van der Waals surface area (Å²) in [6.07, 6.45) is 0. The molecule has 3 aromatic carbocycles. The number of ether oxygens (including phenoxy) is 1. The zero-order valence-corrected chi connectivity index (χ0v) is 17.9. The molecule has 0 aliphatic rings. The second-order valence-electron chi connectivity index (χ2n) is 7.10. The minimum atomic E-state index is -3.73. The minimum Gasteiger partial charge on any atom is -0.483 e. The largest absolute Gasteiger partial charge is 0.483 e. The highest BCUT2D eigenvalue weighted by molar-refractivity contribution is 7.92. The molecule has 0 unspecified atom stereocenters. The van der Waals surface area contributed by atoms with E-state index < -0.39 is 10.0 Å². The molecule has 0 aromatic heterocycles. The Hall–Kier alpha value is -3.32. The van der Waals surface area contributed by atoms with Gasteiger partial charge in [0.2, 0.25) is 0 Å². The van der Waals surface area contributed by atoms with E-state index in [1.54, 1.807) is 25.1 Å². The average Bonchev–Trinajstić information content (AvgIpc) is 2.70. The third-order valence-corrected chi connectivity index (χ3v) is 5.83. The Bertz CT molecular complexity index is 1140. The standard InChI is InChI=1S/C23H24N2O4S/c1-16-4-8-19(9-5-16)24-23(26)15-29-22-13-12-21(14-18(22)3)30(27,28)25-20-10-6-17(2)7-11-20/h4-14,25H,15H2,1-3H3,(H,24,26). The molecule has 30 heavy (non-hydrogen) atoms. The van der Waals surface area contributed by atoms with Crippen LogP contribution in [0.25, 0.3) is 0 Å². The van der Waals surface area contributed by atoms with Crippen molar-refractivity contribution in [3.63, 3.8) is 0 Å². The van der Waals surface area contributed by atoms with Crippen molar-refractivity contribution in [3.05, 3.63) is 83.4 Å². The number of sulfonamides is 1. The fraction of sp³-hybridized carbons (Fsp3) is 0.174. The van der Waals surface area contributed by atoms with Crippen LogP contribution in [0, 0.1) is 20.8 Å². The molecule has 3 rings (SSSR count). The predicted molar refractivity (Wildman–Crippen MR) is 118 cm³/mol. The lowest BCUT2D eigenvalue weighted by Gasteiger charge is -2.12. The maximum Gasteiger partial charge on any atom is 0.262 e. The number of anilines is 2. The van der Waals surface area contributed by atoms with E-state index in [9.17, 15) is 13.2 Å². The van der Waals surface area contributed by atoms with Crippen molar-refractivity contribution in [3.8, 4) is 5.75 Å². The van der Waals surface area contributed by atoms with Crippen molar-refractivity contribution in [2.45, 2.75) is 25.7 Å². The molecule has 0 aliphatic carbocycles. The minimum absolute atomic E-state index is 0.122. The number of hydrogen-bond acceptors (Lipinski definition) is 4. The summed E-state index contributed by atoms with van der Waals surface area (Å²) in [5.41, 5.74) is 3.94. The highest BCUT2D eigenvalue weighted by Gasteiger charge is 2.16. The van der Waals surface area contributed by atoms with Crippen molar-refractivity contribution in [2.24, 2.45) is 0 Å². The highest BCUT2D eigenvalue weighted by Crippen LogP contribution is 2.24. The lowest BCUT2D eigenvalue weighted by Crippen LogP contribution is -2.20. The van der Waals surface area contributed by atoms with Gasteiger partial charge in [-0.05, 0) is 68.8 Å². The maximum absolute atomic E-state index is 12.6. The van der Waals surface area contributed by atoms with Crippen molar-refractivity contribution >= 4 is 27.3 Å². The monoisotopic (exact) mass is 424 g/mol. The van der Waals surface area contributed by atoms with E-state index in [2.05, 4.69) is 10.0 Å². The molecule has 3 aromatic rings. The fourth-order valence-corrected chi connectivity index (χ4v) is 3.91. The highest BCUT2D eigenvalue weighted by atomic mass is 32.2. The molecule has 0 fully saturated rings. The number of aryl methyl sites for hydroxylation is 3. The van der Waals surface area contributed by atoms with Crippen molar-refractivity contribution in [1.29, 1.82) is 0 Å². The zero-order chi connectivity index (χ0) is 21.7. The van der Waals surface area contributed by atoms with E-state index in [-0.39, 0.29) is 17.4 Å². The van der Waals surface area contributed by atoms with Crippen LogP contribution in [-0.2, 0) is 14.8 Å². The van der Waals surface area contributed by atoms with Gasteiger partial charge in [0.25, 0.3) is 15.9 Å². The van der Waals surface area contributed by atoms with E-state index in [1.807, 2.05) is 50.2 Å². The predicted octanol–water partition coefficient (Wildman–Crippen LogP) is 4.43. The number of nitrogens with one attached hydrogen (secondary N) is 2. The number of benzene rings is 3. The van der Waals surface area contributed by atoms with Crippen LogP contribution in [0.15, 0.2) is 71.6 Å². The first-order chi connectivity index (χ1) is 14.2. The number of rotatable bonds is 7. The first kappa shape index (κ1) is 21.4. The lowest BCUT2D eigenvalue weighted by molar-refractivity contribution is -0.118. The second-order valence-corrected chi connectivity index (χ2v) is 8.78. The molecule has 0 bridgehead atoms. The SMILES string of the molecule is Cc1ccc(NC(=O)COc2ccc(S(=O)(=O)Nc3ccc(C)cc3)cc2C)cc1. The molecule has 2 N–H and O–H groups in total. The molecule has 0 heterocycles. The Morgan fingerprint density at radius 1 is 0.833 bits per heavy atom. The fourth-order valence-electron chi connectivity index (χ4n) is 2.76. The van der Waals surface area contributed by atoms with Gasteiger partial charge in [-0.2, -0.15) is 0 Å². The molecule has 0 aliphatic heterocycles. The van der Waals surface area contributed by atoms with E-state index in [0.717, 1.165) is 11.1 Å². The Labute approximate surface area is 177 Å². The van der Waals surface area contributed by atoms with Gasteiger partial charge in [-0.25, -0.2) is 8.42 Å². The van der Waals surface area contributed by atoms with Crippen LogP contribution in [-0.4, -0.2) is 20.9 Å². The second kappa shape index (κ2) is 9.00. The van der Waals surface area contributed by atoms with Gasteiger partial charge < -0.3 is 10.1 Å². The third-order valence-electron chi connectivity index (χ3n) is 4.45. The van der Waals surface area contributed by atoms with Gasteiger partial charge in [-0.3, -0.25) is 9.52 Å². The molecule has 156 valence electrons. The van der Waals surface area contributed by atoms with Crippen LogP contribution >= 0.6 is 0 Å². The Morgan fingerprint density at radius 2 is 1.40 bits per heavy atom. The van der Waals surface area contributed by atoms with Crippen molar-refractivity contribution in [2.75, 3.05) is 16.6 Å². The van der Waals surface area contributed by atoms with Gasteiger partial charge in [-0.1, -0.05) is 35.4 Å². The molecule has 0 atom stereocenters. The van der Waals surface area contributed by atoms with E-state index in [1.165, 1.54) is 12.1 Å². The molecule has 0 radical (unpaired) electrons. The lowest BCUT2D eigenvalue weighted by atomic mass is 10.2.